The summed E-state index contributed by atoms with van der Waals surface area (Å²) in [5.74, 6) is 0. The minimum absolute atomic E-state index is 0.124. The van der Waals surface area contributed by atoms with Crippen LogP contribution in [0.15, 0.2) is 42.7 Å². The summed E-state index contributed by atoms with van der Waals surface area (Å²) in [6.45, 7) is 2.22. The topological polar surface area (TPSA) is 67.3 Å². The standard InChI is InChI=1S/C18H21ClN4O2/c19-17-16(21-8-9-22-17)12-20-11-15-7-4-10-23(15)18(24)25-13-14-5-2-1-3-6-14/h1-3,5-6,8-9,15,20H,4,7,10-13H2/t15-/m0/s1. The van der Waals surface area contributed by atoms with Gasteiger partial charge in [0.15, 0.2) is 5.15 Å². The molecule has 2 heterocycles. The Labute approximate surface area is 152 Å². The highest BCUT2D eigenvalue weighted by Crippen LogP contribution is 2.18. The van der Waals surface area contributed by atoms with Crippen LogP contribution < -0.4 is 5.32 Å². The van der Waals surface area contributed by atoms with E-state index in [2.05, 4.69) is 15.3 Å². The van der Waals surface area contributed by atoms with E-state index in [9.17, 15) is 4.79 Å². The lowest BCUT2D eigenvalue weighted by molar-refractivity contribution is 0.0919. The predicted molar refractivity (Wildman–Crippen MR) is 95.1 cm³/mol. The normalized spacial score (nSPS) is 16.8. The quantitative estimate of drug-likeness (QED) is 0.857. The molecule has 1 aromatic carbocycles. The fourth-order valence-electron chi connectivity index (χ4n) is 2.92. The zero-order valence-corrected chi connectivity index (χ0v) is 14.7. The van der Waals surface area contributed by atoms with Crippen LogP contribution in [0.5, 0.6) is 0 Å². The number of carbonyl (C=O) groups excluding carboxylic acids is 1. The van der Waals surface area contributed by atoms with Gasteiger partial charge in [0.2, 0.25) is 0 Å². The molecular formula is C18H21ClN4O2. The number of halogens is 1. The van der Waals surface area contributed by atoms with Crippen LogP contribution in [-0.4, -0.2) is 40.1 Å². The number of hydrogen-bond donors (Lipinski definition) is 1. The van der Waals surface area contributed by atoms with Crippen molar-refractivity contribution in [3.05, 3.63) is 59.1 Å². The van der Waals surface area contributed by atoms with Gasteiger partial charge in [0.05, 0.1) is 5.69 Å². The SMILES string of the molecule is O=C(OCc1ccccc1)N1CCC[C@H]1CNCc1nccnc1Cl. The Bertz CT molecular complexity index is 698. The first-order chi connectivity index (χ1) is 12.2. The first-order valence-corrected chi connectivity index (χ1v) is 8.75. The van der Waals surface area contributed by atoms with Crippen molar-refractivity contribution >= 4 is 17.7 Å². The van der Waals surface area contributed by atoms with Crippen molar-refractivity contribution in [2.45, 2.75) is 32.0 Å². The minimum atomic E-state index is -0.259. The van der Waals surface area contributed by atoms with E-state index in [-0.39, 0.29) is 12.1 Å². The fourth-order valence-corrected chi connectivity index (χ4v) is 3.09. The van der Waals surface area contributed by atoms with Crippen LogP contribution >= 0.6 is 11.6 Å². The molecule has 1 saturated heterocycles. The monoisotopic (exact) mass is 360 g/mol. The van der Waals surface area contributed by atoms with E-state index in [1.807, 2.05) is 30.3 Å². The number of hydrogen-bond acceptors (Lipinski definition) is 5. The Kier molecular flexibility index (Phi) is 6.19. The molecule has 1 aromatic heterocycles. The van der Waals surface area contributed by atoms with Crippen molar-refractivity contribution in [1.29, 1.82) is 0 Å². The molecule has 1 amide bonds. The molecule has 2 aromatic rings. The van der Waals surface area contributed by atoms with E-state index in [1.165, 1.54) is 0 Å². The Morgan fingerprint density at radius 3 is 2.88 bits per heavy atom. The van der Waals surface area contributed by atoms with Gasteiger partial charge in [0.25, 0.3) is 0 Å². The van der Waals surface area contributed by atoms with Gasteiger partial charge >= 0.3 is 6.09 Å². The molecule has 1 atom stereocenters. The van der Waals surface area contributed by atoms with E-state index in [4.69, 9.17) is 16.3 Å². The van der Waals surface area contributed by atoms with Gasteiger partial charge in [-0.1, -0.05) is 41.9 Å². The number of rotatable bonds is 6. The van der Waals surface area contributed by atoms with Gasteiger partial charge < -0.3 is 15.0 Å². The summed E-state index contributed by atoms with van der Waals surface area (Å²) in [5.41, 5.74) is 1.70. The van der Waals surface area contributed by atoms with E-state index in [0.717, 1.165) is 24.9 Å². The predicted octanol–water partition coefficient (Wildman–Crippen LogP) is 3.02. The molecule has 0 aliphatic carbocycles. The van der Waals surface area contributed by atoms with Crippen molar-refractivity contribution < 1.29 is 9.53 Å². The third kappa shape index (κ3) is 4.90. The van der Waals surface area contributed by atoms with Gasteiger partial charge in [-0.3, -0.25) is 4.98 Å². The fraction of sp³-hybridized carbons (Fsp3) is 0.389. The molecular weight excluding hydrogens is 340 g/mol. The molecule has 0 radical (unpaired) electrons. The first-order valence-electron chi connectivity index (χ1n) is 8.37. The zero-order chi connectivity index (χ0) is 17.5. The van der Waals surface area contributed by atoms with Crippen molar-refractivity contribution in [3.8, 4) is 0 Å². The zero-order valence-electron chi connectivity index (χ0n) is 13.9. The minimum Gasteiger partial charge on any atom is -0.445 e. The highest BCUT2D eigenvalue weighted by Gasteiger charge is 2.29. The molecule has 1 fully saturated rings. The Balaban J connectivity index is 1.47. The van der Waals surface area contributed by atoms with Gasteiger partial charge in [-0.05, 0) is 18.4 Å². The van der Waals surface area contributed by atoms with Crippen LogP contribution in [-0.2, 0) is 17.9 Å². The van der Waals surface area contributed by atoms with Gasteiger partial charge in [-0.2, -0.15) is 0 Å². The lowest BCUT2D eigenvalue weighted by atomic mass is 10.2. The average molecular weight is 361 g/mol. The maximum absolute atomic E-state index is 12.3. The molecule has 1 N–H and O–H groups in total. The third-order valence-electron chi connectivity index (χ3n) is 4.21. The van der Waals surface area contributed by atoms with Crippen molar-refractivity contribution in [3.63, 3.8) is 0 Å². The summed E-state index contributed by atoms with van der Waals surface area (Å²) >= 11 is 6.00. The first kappa shape index (κ1) is 17.6. The summed E-state index contributed by atoms with van der Waals surface area (Å²) in [4.78, 5) is 22.4. The third-order valence-corrected chi connectivity index (χ3v) is 4.53. The molecule has 1 aliphatic rings. The number of nitrogens with zero attached hydrogens (tertiary/aromatic N) is 3. The summed E-state index contributed by atoms with van der Waals surface area (Å²) in [7, 11) is 0. The highest BCUT2D eigenvalue weighted by molar-refractivity contribution is 6.29. The van der Waals surface area contributed by atoms with Crippen LogP contribution in [0, 0.1) is 0 Å². The van der Waals surface area contributed by atoms with E-state index in [0.29, 0.717) is 30.5 Å². The molecule has 7 heteroatoms. The van der Waals surface area contributed by atoms with Crippen LogP contribution in [0.2, 0.25) is 5.15 Å². The molecule has 6 nitrogen and oxygen atoms in total. The van der Waals surface area contributed by atoms with Crippen LogP contribution in [0.1, 0.15) is 24.1 Å². The smallest absolute Gasteiger partial charge is 0.410 e. The van der Waals surface area contributed by atoms with Crippen molar-refractivity contribution in [1.82, 2.24) is 20.2 Å². The average Bonchev–Trinajstić information content (AvgIpc) is 3.11. The number of likely N-dealkylation sites (tertiary alicyclic amines) is 1. The van der Waals surface area contributed by atoms with E-state index < -0.39 is 0 Å². The van der Waals surface area contributed by atoms with Crippen LogP contribution in [0.3, 0.4) is 0 Å². The van der Waals surface area contributed by atoms with Crippen LogP contribution in [0.25, 0.3) is 0 Å². The second kappa shape index (κ2) is 8.78. The molecule has 0 bridgehead atoms. The molecule has 0 unspecified atom stereocenters. The van der Waals surface area contributed by atoms with Gasteiger partial charge in [-0.15, -0.1) is 0 Å². The molecule has 25 heavy (non-hydrogen) atoms. The van der Waals surface area contributed by atoms with Crippen LogP contribution in [0.4, 0.5) is 4.79 Å². The lowest BCUT2D eigenvalue weighted by Crippen LogP contribution is -2.41. The second-order valence-electron chi connectivity index (χ2n) is 5.95. The number of aromatic nitrogens is 2. The Morgan fingerprint density at radius 2 is 2.08 bits per heavy atom. The maximum Gasteiger partial charge on any atom is 0.410 e. The van der Waals surface area contributed by atoms with E-state index in [1.54, 1.807) is 17.3 Å². The highest BCUT2D eigenvalue weighted by atomic mass is 35.5. The summed E-state index contributed by atoms with van der Waals surface area (Å²) in [5, 5.41) is 3.71. The maximum atomic E-state index is 12.3. The van der Waals surface area contributed by atoms with Crippen molar-refractivity contribution in [2.75, 3.05) is 13.1 Å². The van der Waals surface area contributed by atoms with Crippen molar-refractivity contribution in [2.24, 2.45) is 0 Å². The number of carbonyl (C=O) groups is 1. The number of ether oxygens (including phenoxy) is 1. The lowest BCUT2D eigenvalue weighted by Gasteiger charge is -2.24. The largest absolute Gasteiger partial charge is 0.445 e. The van der Waals surface area contributed by atoms with Gasteiger partial charge in [0, 0.05) is 38.1 Å². The van der Waals surface area contributed by atoms with Gasteiger partial charge in [0.1, 0.15) is 6.61 Å². The number of amides is 1. The number of benzene rings is 1. The van der Waals surface area contributed by atoms with E-state index >= 15 is 0 Å². The Hall–Kier alpha value is -2.18. The number of nitrogens with one attached hydrogen (secondary N) is 1. The molecule has 3 rings (SSSR count). The summed E-state index contributed by atoms with van der Waals surface area (Å²) < 4.78 is 5.44. The molecule has 0 spiro atoms. The molecule has 0 saturated carbocycles. The van der Waals surface area contributed by atoms with Gasteiger partial charge in [-0.25, -0.2) is 9.78 Å². The Morgan fingerprint density at radius 1 is 1.28 bits per heavy atom. The molecule has 1 aliphatic heterocycles. The second-order valence-corrected chi connectivity index (χ2v) is 6.31. The molecule has 132 valence electrons. The summed E-state index contributed by atoms with van der Waals surface area (Å²) in [6, 6.07) is 9.82. The summed E-state index contributed by atoms with van der Waals surface area (Å²) in [6.07, 6.45) is 4.87.